The van der Waals surface area contributed by atoms with Crippen molar-refractivity contribution in [1.82, 2.24) is 9.55 Å². The Kier molecular flexibility index (Phi) is 4.11. The van der Waals surface area contributed by atoms with Gasteiger partial charge in [0.05, 0.1) is 12.8 Å². The number of benzene rings is 2. The molecule has 3 rings (SSSR count). The van der Waals surface area contributed by atoms with Crippen LogP contribution >= 0.6 is 0 Å². The highest BCUT2D eigenvalue weighted by atomic mass is 32.2. The molecule has 5 nitrogen and oxygen atoms in total. The van der Waals surface area contributed by atoms with E-state index >= 15 is 0 Å². The van der Waals surface area contributed by atoms with Crippen LogP contribution in [-0.4, -0.2) is 31.3 Å². The van der Waals surface area contributed by atoms with Crippen LogP contribution in [0, 0.1) is 5.82 Å². The molecule has 0 unspecified atom stereocenters. The standard InChI is InChI=1S/C17H15FN2O3S/c1-23-15-9-3-12(4-10-15)16-11-20(17(19-16)24(2,21)22)14-7-5-13(18)6-8-14/h3-11H,1-2H3. The van der Waals surface area contributed by atoms with Gasteiger partial charge >= 0.3 is 0 Å². The van der Waals surface area contributed by atoms with Crippen molar-refractivity contribution in [2.45, 2.75) is 5.16 Å². The van der Waals surface area contributed by atoms with E-state index in [0.29, 0.717) is 17.1 Å². The molecule has 0 fully saturated rings. The van der Waals surface area contributed by atoms with E-state index in [0.717, 1.165) is 11.8 Å². The fraction of sp³-hybridized carbons (Fsp3) is 0.118. The van der Waals surface area contributed by atoms with Gasteiger partial charge in [0, 0.05) is 23.7 Å². The SMILES string of the molecule is COc1ccc(-c2cn(-c3ccc(F)cc3)c(S(C)(=O)=O)n2)cc1. The molecular formula is C17H15FN2O3S. The third-order valence-corrected chi connectivity index (χ3v) is 4.45. The molecule has 0 radical (unpaired) electrons. The first kappa shape index (κ1) is 16.2. The highest BCUT2D eigenvalue weighted by Gasteiger charge is 2.19. The van der Waals surface area contributed by atoms with E-state index in [1.54, 1.807) is 37.6 Å². The molecule has 0 N–H and O–H groups in total. The van der Waals surface area contributed by atoms with Crippen LogP contribution in [0.4, 0.5) is 4.39 Å². The number of hydrogen-bond donors (Lipinski definition) is 0. The summed E-state index contributed by atoms with van der Waals surface area (Å²) < 4.78 is 43.8. The molecule has 0 aliphatic rings. The van der Waals surface area contributed by atoms with E-state index < -0.39 is 15.7 Å². The van der Waals surface area contributed by atoms with Crippen molar-refractivity contribution in [2.75, 3.05) is 13.4 Å². The van der Waals surface area contributed by atoms with Crippen molar-refractivity contribution in [3.63, 3.8) is 0 Å². The molecule has 0 spiro atoms. The molecule has 0 amide bonds. The molecule has 7 heteroatoms. The zero-order valence-corrected chi connectivity index (χ0v) is 13.9. The van der Waals surface area contributed by atoms with Gasteiger partial charge in [-0.3, -0.25) is 4.57 Å². The number of sulfone groups is 1. The second kappa shape index (κ2) is 6.09. The molecule has 1 heterocycles. The molecule has 0 saturated carbocycles. The summed E-state index contributed by atoms with van der Waals surface area (Å²) in [5.74, 6) is 0.301. The number of aromatic nitrogens is 2. The molecule has 24 heavy (non-hydrogen) atoms. The molecule has 0 saturated heterocycles. The maximum absolute atomic E-state index is 13.1. The monoisotopic (exact) mass is 346 g/mol. The van der Waals surface area contributed by atoms with Crippen LogP contribution in [0.2, 0.25) is 0 Å². The second-order valence-electron chi connectivity index (χ2n) is 5.26. The summed E-state index contributed by atoms with van der Waals surface area (Å²) in [6.07, 6.45) is 2.71. The summed E-state index contributed by atoms with van der Waals surface area (Å²) in [6, 6.07) is 12.7. The van der Waals surface area contributed by atoms with Crippen LogP contribution in [0.5, 0.6) is 5.75 Å². The zero-order chi connectivity index (χ0) is 17.3. The zero-order valence-electron chi connectivity index (χ0n) is 13.1. The number of halogens is 1. The van der Waals surface area contributed by atoms with Crippen LogP contribution in [0.15, 0.2) is 59.9 Å². The summed E-state index contributed by atoms with van der Waals surface area (Å²) in [5, 5.41) is -0.0973. The molecule has 3 aromatic rings. The maximum atomic E-state index is 13.1. The lowest BCUT2D eigenvalue weighted by Gasteiger charge is -2.05. The number of methoxy groups -OCH3 is 1. The van der Waals surface area contributed by atoms with Gasteiger partial charge in [-0.25, -0.2) is 17.8 Å². The summed E-state index contributed by atoms with van der Waals surface area (Å²) in [7, 11) is -1.99. The first-order chi connectivity index (χ1) is 11.4. The molecule has 124 valence electrons. The van der Waals surface area contributed by atoms with Gasteiger partial charge in [0.1, 0.15) is 11.6 Å². The Balaban J connectivity index is 2.14. The van der Waals surface area contributed by atoms with Gasteiger partial charge in [-0.15, -0.1) is 0 Å². The van der Waals surface area contributed by atoms with Gasteiger partial charge in [0.15, 0.2) is 0 Å². The summed E-state index contributed by atoms with van der Waals surface area (Å²) in [4.78, 5) is 4.25. The van der Waals surface area contributed by atoms with E-state index in [1.165, 1.54) is 28.8 Å². The number of rotatable bonds is 4. The first-order valence-electron chi connectivity index (χ1n) is 7.08. The van der Waals surface area contributed by atoms with Gasteiger partial charge in [-0.05, 0) is 48.5 Å². The van der Waals surface area contributed by atoms with Gasteiger partial charge in [-0.2, -0.15) is 0 Å². The summed E-state index contributed by atoms with van der Waals surface area (Å²) >= 11 is 0. The Morgan fingerprint density at radius 2 is 1.67 bits per heavy atom. The average Bonchev–Trinajstić information content (AvgIpc) is 3.01. The van der Waals surface area contributed by atoms with Gasteiger partial charge in [0.2, 0.25) is 15.0 Å². The lowest BCUT2D eigenvalue weighted by Crippen LogP contribution is -2.07. The van der Waals surface area contributed by atoms with E-state index in [9.17, 15) is 12.8 Å². The Morgan fingerprint density at radius 1 is 1.04 bits per heavy atom. The second-order valence-corrected chi connectivity index (χ2v) is 7.17. The van der Waals surface area contributed by atoms with E-state index in [-0.39, 0.29) is 5.16 Å². The van der Waals surface area contributed by atoms with Gasteiger partial charge in [0.25, 0.3) is 0 Å². The topological polar surface area (TPSA) is 61.2 Å². The Morgan fingerprint density at radius 3 is 2.21 bits per heavy atom. The minimum atomic E-state index is -3.56. The number of hydrogen-bond acceptors (Lipinski definition) is 4. The van der Waals surface area contributed by atoms with Crippen LogP contribution in [-0.2, 0) is 9.84 Å². The minimum Gasteiger partial charge on any atom is -0.497 e. The molecule has 2 aromatic carbocycles. The van der Waals surface area contributed by atoms with Crippen LogP contribution in [0.25, 0.3) is 16.9 Å². The van der Waals surface area contributed by atoms with Crippen molar-refractivity contribution in [1.29, 1.82) is 0 Å². The Bertz CT molecular complexity index is 962. The normalized spacial score (nSPS) is 11.5. The van der Waals surface area contributed by atoms with Crippen molar-refractivity contribution in [3.8, 4) is 22.7 Å². The predicted molar refractivity (Wildman–Crippen MR) is 88.6 cm³/mol. The van der Waals surface area contributed by atoms with Crippen molar-refractivity contribution < 1.29 is 17.5 Å². The molecule has 0 bridgehead atoms. The van der Waals surface area contributed by atoms with E-state index in [4.69, 9.17) is 4.74 Å². The molecule has 0 aliphatic carbocycles. The Hall–Kier alpha value is -2.67. The third-order valence-electron chi connectivity index (χ3n) is 3.50. The van der Waals surface area contributed by atoms with Crippen molar-refractivity contribution >= 4 is 9.84 Å². The number of ether oxygens (including phenoxy) is 1. The molecule has 0 atom stereocenters. The third kappa shape index (κ3) is 3.16. The highest BCUT2D eigenvalue weighted by Crippen LogP contribution is 2.25. The highest BCUT2D eigenvalue weighted by molar-refractivity contribution is 7.90. The van der Waals surface area contributed by atoms with E-state index in [1.807, 2.05) is 0 Å². The maximum Gasteiger partial charge on any atom is 0.232 e. The average molecular weight is 346 g/mol. The summed E-state index contributed by atoms with van der Waals surface area (Å²) in [5.41, 5.74) is 1.77. The van der Waals surface area contributed by atoms with Crippen LogP contribution in [0.3, 0.4) is 0 Å². The van der Waals surface area contributed by atoms with Gasteiger partial charge in [-0.1, -0.05) is 0 Å². The first-order valence-corrected chi connectivity index (χ1v) is 8.97. The fourth-order valence-electron chi connectivity index (χ4n) is 2.31. The fourth-order valence-corrected chi connectivity index (χ4v) is 3.09. The van der Waals surface area contributed by atoms with Crippen LogP contribution in [0.1, 0.15) is 0 Å². The quantitative estimate of drug-likeness (QED) is 0.728. The molecule has 1 aromatic heterocycles. The smallest absolute Gasteiger partial charge is 0.232 e. The largest absolute Gasteiger partial charge is 0.497 e. The minimum absolute atomic E-state index is 0.0973. The number of imidazole rings is 1. The predicted octanol–water partition coefficient (Wildman–Crippen LogP) is 3.09. The molecular weight excluding hydrogens is 331 g/mol. The van der Waals surface area contributed by atoms with Gasteiger partial charge < -0.3 is 4.74 Å². The van der Waals surface area contributed by atoms with E-state index in [2.05, 4.69) is 4.98 Å². The number of nitrogens with zero attached hydrogens (tertiary/aromatic N) is 2. The van der Waals surface area contributed by atoms with Crippen molar-refractivity contribution in [3.05, 3.63) is 60.5 Å². The van der Waals surface area contributed by atoms with Crippen molar-refractivity contribution in [2.24, 2.45) is 0 Å². The summed E-state index contributed by atoms with van der Waals surface area (Å²) in [6.45, 7) is 0. The van der Waals surface area contributed by atoms with Crippen LogP contribution < -0.4 is 4.74 Å². The molecule has 0 aliphatic heterocycles. The lowest BCUT2D eigenvalue weighted by molar-refractivity contribution is 0.415. The lowest BCUT2D eigenvalue weighted by atomic mass is 10.1. The Labute approximate surface area is 139 Å².